The summed E-state index contributed by atoms with van der Waals surface area (Å²) in [5, 5.41) is 18.3. The van der Waals surface area contributed by atoms with Gasteiger partial charge in [-0.05, 0) is 188 Å². The van der Waals surface area contributed by atoms with Gasteiger partial charge in [0.15, 0.2) is 41.1 Å². The summed E-state index contributed by atoms with van der Waals surface area (Å²) in [5.74, 6) is -2.68. The molecule has 7 unspecified atom stereocenters. The molecule has 20 nitrogen and oxygen atoms in total. The predicted molar refractivity (Wildman–Crippen MR) is 424 cm³/mol. The summed E-state index contributed by atoms with van der Waals surface area (Å²) in [6.45, 7) is 0.571. The molecule has 8 aromatic carbocycles. The van der Waals surface area contributed by atoms with Gasteiger partial charge in [0.2, 0.25) is 0 Å². The van der Waals surface area contributed by atoms with E-state index in [2.05, 4.69) is 14.2 Å². The molecule has 0 bridgehead atoms. The number of rotatable bonds is 11. The van der Waals surface area contributed by atoms with Crippen molar-refractivity contribution in [2.24, 2.45) is 23.7 Å². The summed E-state index contributed by atoms with van der Waals surface area (Å²) >= 11 is 17.7. The Morgan fingerprint density at radius 1 is 0.473 bits per heavy atom. The second kappa shape index (κ2) is 44.7. The van der Waals surface area contributed by atoms with Crippen LogP contribution in [-0.4, -0.2) is 145 Å². The van der Waals surface area contributed by atoms with E-state index >= 15 is 0 Å². The third-order valence-electron chi connectivity index (χ3n) is 19.9. The first kappa shape index (κ1) is 95.5. The topological polar surface area (TPSA) is 295 Å². The third-order valence-corrected chi connectivity index (χ3v) is 27.3. The van der Waals surface area contributed by atoms with Crippen LogP contribution in [0.3, 0.4) is 0 Å². The number of nitrogens with zero attached hydrogens (tertiary/aromatic N) is 1. The molecule has 1 aliphatic heterocycles. The monoisotopic (exact) mass is 1650 g/mol. The van der Waals surface area contributed by atoms with E-state index in [4.69, 9.17) is 44.3 Å². The number of likely N-dealkylation sites (tertiary alicyclic amines) is 1. The number of esters is 2. The molecule has 6 aliphatic rings. The fraction of sp³-hybridized carbons (Fsp3) is 0.349. The number of carbonyl (C=O) groups excluding carboxylic acids is 6. The van der Waals surface area contributed by atoms with Crippen LogP contribution in [0.15, 0.2) is 209 Å². The maximum absolute atomic E-state index is 13.6. The zero-order chi connectivity index (χ0) is 77.9. The normalized spacial score (nSPS) is 19.5. The Labute approximate surface area is 710 Å². The number of fused-ring (bicyclic) bond motifs is 5. The number of aliphatic hydroxyl groups excluding tert-OH is 2. The standard InChI is InChI=1S/C22H24ClNO5S.C18H17ClO4S.C17H17ClO3S.C12H12O3.C10H10O.C3H6O3.CH4.B.Li.Na.2H/c23-17-7-9-19(10-8-17)30(27,28)21-16(6-5-15-3-1-2-4-20(15)21)14-29-22(26)24-12-11-18(25)13-24;1-23-18(20)16-11-6-12-4-2-3-5-15(12)17(16)24(21,22)14-9-7-13(19)8-10-14;18-14-7-9-15(10-8-14)22(20,21)17-13(11-19)6-5-12-3-1-2-4-16(12)17;1-15-12(14)10-7-6-8-4-2-3-5-9(8)11(10)13;11-10-7-3-5-8-4-1-2-6-9(8)10;1-5-3(4)6-2;;;;;;/h1-4,7-10,16,18,21,25H,5-6,11-14H2;2-5,7-10,16-17H,6,11H2,1H3;1-4,7-10,13,17,19H,5-6,11H2;2-5,10H,6-7H2,1H3;1-2,4,6H,3,5,7H2;1-2H3;1H4;;;;;/q;;;;;;;;2*+1;2*-1/t16?,18-,21?;;;;;;;;;;;/m1.........../s1. The van der Waals surface area contributed by atoms with Gasteiger partial charge in [-0.3, -0.25) is 19.2 Å². The maximum atomic E-state index is 13.6. The van der Waals surface area contributed by atoms with Crippen molar-refractivity contribution in [1.29, 1.82) is 0 Å². The number of sulfone groups is 3. The maximum Gasteiger partial charge on any atom is 1.00 e. The molecule has 8 aromatic rings. The van der Waals surface area contributed by atoms with Gasteiger partial charge in [-0.2, -0.15) is 0 Å². The molecule has 587 valence electrons. The Bertz CT molecular complexity index is 4860. The predicted octanol–water partition coefficient (Wildman–Crippen LogP) is 9.32. The van der Waals surface area contributed by atoms with Crippen LogP contribution in [0, 0.1) is 23.7 Å². The molecule has 5 aliphatic carbocycles. The molecule has 1 heterocycles. The largest absolute Gasteiger partial charge is 1.00 e. The van der Waals surface area contributed by atoms with Gasteiger partial charge >= 0.3 is 72.6 Å². The summed E-state index contributed by atoms with van der Waals surface area (Å²) in [6.07, 6.45) is 6.89. The van der Waals surface area contributed by atoms with Crippen molar-refractivity contribution >= 4 is 108 Å². The molecule has 2 N–H and O–H groups in total. The van der Waals surface area contributed by atoms with E-state index in [-0.39, 0.29) is 119 Å². The molecule has 1 fully saturated rings. The number of methoxy groups -OCH3 is 4. The second-order valence-electron chi connectivity index (χ2n) is 26.5. The molecule has 0 spiro atoms. The number of hydrogen-bond donors (Lipinski definition) is 2. The van der Waals surface area contributed by atoms with Crippen LogP contribution in [0.1, 0.15) is 136 Å². The van der Waals surface area contributed by atoms with Crippen LogP contribution < -0.4 is 48.4 Å². The molecule has 0 aromatic heterocycles. The van der Waals surface area contributed by atoms with E-state index in [1.165, 1.54) is 87.4 Å². The van der Waals surface area contributed by atoms with E-state index in [0.717, 1.165) is 77.5 Å². The third kappa shape index (κ3) is 23.8. The van der Waals surface area contributed by atoms with Crippen LogP contribution in [0.2, 0.25) is 15.1 Å². The first-order chi connectivity index (χ1) is 51.8. The molecule has 0 saturated carbocycles. The Balaban J connectivity index is 0.000000367. The van der Waals surface area contributed by atoms with Gasteiger partial charge in [0.05, 0.1) is 72.3 Å². The fourth-order valence-electron chi connectivity index (χ4n) is 14.4. The van der Waals surface area contributed by atoms with Gasteiger partial charge in [0.1, 0.15) is 11.2 Å². The Morgan fingerprint density at radius 3 is 1.28 bits per heavy atom. The fourth-order valence-corrected chi connectivity index (χ4v) is 21.0. The number of β-amino-alcohol motifs (C(OH)–C–C–N with tert-alkyl or cyclic N) is 1. The first-order valence-electron chi connectivity index (χ1n) is 35.2. The van der Waals surface area contributed by atoms with E-state index in [0.29, 0.717) is 77.0 Å². The molecule has 1 amide bonds. The Morgan fingerprint density at radius 2 is 0.857 bits per heavy atom. The minimum Gasteiger partial charge on any atom is -1.00 e. The number of hydrogen-bond acceptors (Lipinski definition) is 19. The van der Waals surface area contributed by atoms with Gasteiger partial charge in [-0.15, -0.1) is 0 Å². The van der Waals surface area contributed by atoms with E-state index in [1.807, 2.05) is 103 Å². The summed E-state index contributed by atoms with van der Waals surface area (Å²) in [5.41, 5.74) is 9.12. The van der Waals surface area contributed by atoms with Crippen LogP contribution in [-0.2, 0) is 94.9 Å². The van der Waals surface area contributed by atoms with Crippen molar-refractivity contribution in [3.8, 4) is 0 Å². The zero-order valence-electron chi connectivity index (χ0n) is 64.6. The minimum atomic E-state index is -3.76. The number of Topliss-reactive ketones (excluding diaryl/α,β-unsaturated/α-hetero) is 2. The number of aliphatic hydroxyl groups is 2. The molecule has 112 heavy (non-hydrogen) atoms. The molecule has 29 heteroatoms. The van der Waals surface area contributed by atoms with Crippen molar-refractivity contribution < 1.29 is 139 Å². The Kier molecular flexibility index (Phi) is 38.1. The van der Waals surface area contributed by atoms with Gasteiger partial charge in [-0.1, -0.05) is 164 Å². The molecule has 3 radical (unpaired) electrons. The average Bonchev–Trinajstić information content (AvgIpc) is 0.824. The second-order valence-corrected chi connectivity index (χ2v) is 34.0. The minimum absolute atomic E-state index is 0. The van der Waals surface area contributed by atoms with Gasteiger partial charge in [0.25, 0.3) is 0 Å². The van der Waals surface area contributed by atoms with Gasteiger partial charge < -0.3 is 41.7 Å². The summed E-state index contributed by atoms with van der Waals surface area (Å²) < 4.78 is 103. The van der Waals surface area contributed by atoms with Crippen LogP contribution in [0.25, 0.3) is 0 Å². The van der Waals surface area contributed by atoms with Crippen LogP contribution >= 0.6 is 34.8 Å². The van der Waals surface area contributed by atoms with Crippen LogP contribution in [0.4, 0.5) is 9.59 Å². The number of aryl methyl sites for hydroxylation is 5. The summed E-state index contributed by atoms with van der Waals surface area (Å²) in [7, 11) is -5.93. The van der Waals surface area contributed by atoms with Crippen molar-refractivity contribution in [3.05, 3.63) is 265 Å². The number of halogens is 3. The number of ether oxygens (including phenoxy) is 5. The van der Waals surface area contributed by atoms with Crippen molar-refractivity contribution in [2.45, 2.75) is 121 Å². The van der Waals surface area contributed by atoms with Gasteiger partial charge in [-0.25, -0.2) is 34.8 Å². The SMILES string of the molecule is C.COC(=O)C1CCc2ccccc2C1=O.COC(=O)C1CCc2ccccc2C1S(=O)(=O)c1ccc(Cl)cc1.COC(=O)OC.O=C(OCC1CCc2ccccc2C1S(=O)(=O)c1ccc(Cl)cc1)N1CC[C@@H](O)C1.O=C1CCCc2ccccc21.O=S(=O)(c1ccc(Cl)cc1)C1c2ccccc2CCC1CO.[B].[H-].[H-].[Li+].[Na+]. The number of amides is 1. The summed E-state index contributed by atoms with van der Waals surface area (Å²) in [6, 6.07) is 56.2. The number of ketones is 2. The molecular weight excluding hydrogens is 1560 g/mol. The van der Waals surface area contributed by atoms with E-state index in [1.54, 1.807) is 42.5 Å². The van der Waals surface area contributed by atoms with Gasteiger partial charge in [0, 0.05) is 72.6 Å². The van der Waals surface area contributed by atoms with Crippen LogP contribution in [0.5, 0.6) is 0 Å². The molecule has 1 saturated heterocycles. The Hall–Kier alpha value is -7.12. The van der Waals surface area contributed by atoms with E-state index in [9.17, 15) is 64.2 Å². The quantitative estimate of drug-likeness (QED) is 0.0527. The molecule has 8 atom stereocenters. The van der Waals surface area contributed by atoms with E-state index < -0.39 is 87.4 Å². The first-order valence-corrected chi connectivity index (χ1v) is 41.0. The zero-order valence-corrected chi connectivity index (χ0v) is 69.3. The van der Waals surface area contributed by atoms with Crippen molar-refractivity contribution in [3.63, 3.8) is 0 Å². The molecule has 14 rings (SSSR count). The summed E-state index contributed by atoms with van der Waals surface area (Å²) in [4.78, 5) is 70.9. The average molecular weight is 1650 g/mol. The van der Waals surface area contributed by atoms with Crippen molar-refractivity contribution in [2.75, 3.05) is 54.7 Å². The number of carbonyl (C=O) groups is 6. The smallest absolute Gasteiger partial charge is 1.00 e. The number of benzene rings is 8. The molecular formula is C83H92BCl3LiNNaO19S3. The van der Waals surface area contributed by atoms with Crippen molar-refractivity contribution in [1.82, 2.24) is 4.90 Å².